The third-order valence-electron chi connectivity index (χ3n) is 2.80. The molecule has 114 valence electrons. The van der Waals surface area contributed by atoms with Gasteiger partial charge in [0.1, 0.15) is 10.0 Å². The molecule has 0 fully saturated rings. The van der Waals surface area contributed by atoms with Crippen LogP contribution in [0.25, 0.3) is 10.6 Å². The van der Waals surface area contributed by atoms with E-state index in [1.165, 1.54) is 0 Å². The molecule has 3 nitrogen and oxygen atoms in total. The van der Waals surface area contributed by atoms with Gasteiger partial charge in [-0.3, -0.25) is 0 Å². The number of nitrogens with zero attached hydrogens (tertiary/aromatic N) is 2. The van der Waals surface area contributed by atoms with Crippen molar-refractivity contribution in [3.8, 4) is 10.6 Å². The molecule has 0 saturated carbocycles. The molecular weight excluding hydrogens is 325 g/mol. The van der Waals surface area contributed by atoms with Gasteiger partial charge in [-0.25, -0.2) is 0 Å². The molecule has 1 aromatic heterocycles. The quantitative estimate of drug-likeness (QED) is 0.789. The van der Waals surface area contributed by atoms with E-state index in [-0.39, 0.29) is 5.54 Å². The van der Waals surface area contributed by atoms with Gasteiger partial charge in [-0.2, -0.15) is 0 Å². The van der Waals surface area contributed by atoms with Gasteiger partial charge in [0.25, 0.3) is 0 Å². The first kappa shape index (κ1) is 16.7. The minimum absolute atomic E-state index is 0.157. The lowest BCUT2D eigenvalue weighted by Crippen LogP contribution is -2.36. The molecular formula is C15H19Cl2N3S. The number of rotatable bonds is 5. The van der Waals surface area contributed by atoms with Crippen molar-refractivity contribution in [1.82, 2.24) is 15.5 Å². The van der Waals surface area contributed by atoms with E-state index in [1.54, 1.807) is 17.4 Å². The summed E-state index contributed by atoms with van der Waals surface area (Å²) in [5.41, 5.74) is 1.08. The molecule has 21 heavy (non-hydrogen) atoms. The van der Waals surface area contributed by atoms with E-state index in [4.69, 9.17) is 23.2 Å². The topological polar surface area (TPSA) is 37.8 Å². The van der Waals surface area contributed by atoms with Gasteiger partial charge in [-0.05, 0) is 51.9 Å². The first-order valence-corrected chi connectivity index (χ1v) is 8.45. The number of nitrogens with one attached hydrogen (secondary N) is 1. The Morgan fingerprint density at radius 3 is 2.38 bits per heavy atom. The third kappa shape index (κ3) is 5.55. The Hall–Kier alpha value is -0.680. The van der Waals surface area contributed by atoms with Crippen LogP contribution in [0.1, 0.15) is 32.2 Å². The summed E-state index contributed by atoms with van der Waals surface area (Å²) in [7, 11) is 0. The highest BCUT2D eigenvalue weighted by Gasteiger charge is 2.10. The average Bonchev–Trinajstić information content (AvgIpc) is 2.81. The van der Waals surface area contributed by atoms with E-state index in [9.17, 15) is 0 Å². The van der Waals surface area contributed by atoms with E-state index in [1.807, 2.05) is 12.1 Å². The molecule has 0 bridgehead atoms. The Labute approximate surface area is 139 Å². The highest BCUT2D eigenvalue weighted by Crippen LogP contribution is 2.29. The van der Waals surface area contributed by atoms with Gasteiger partial charge in [0.2, 0.25) is 0 Å². The van der Waals surface area contributed by atoms with Gasteiger partial charge in [-0.1, -0.05) is 34.5 Å². The summed E-state index contributed by atoms with van der Waals surface area (Å²) in [5, 5.41) is 15.1. The Morgan fingerprint density at radius 1 is 1.10 bits per heavy atom. The smallest absolute Gasteiger partial charge is 0.147 e. The summed E-state index contributed by atoms with van der Waals surface area (Å²) < 4.78 is 0. The maximum atomic E-state index is 6.02. The van der Waals surface area contributed by atoms with E-state index in [2.05, 4.69) is 36.3 Å². The van der Waals surface area contributed by atoms with Crippen molar-refractivity contribution >= 4 is 34.5 Å². The van der Waals surface area contributed by atoms with Gasteiger partial charge in [-0.15, -0.1) is 10.2 Å². The van der Waals surface area contributed by atoms with Crippen molar-refractivity contribution in [3.63, 3.8) is 0 Å². The molecule has 2 aromatic rings. The van der Waals surface area contributed by atoms with Crippen molar-refractivity contribution in [2.75, 3.05) is 6.54 Å². The second kappa shape index (κ2) is 7.05. The zero-order valence-electron chi connectivity index (χ0n) is 12.4. The van der Waals surface area contributed by atoms with E-state index in [0.717, 1.165) is 35.0 Å². The molecule has 0 atom stereocenters. The fourth-order valence-electron chi connectivity index (χ4n) is 1.85. The van der Waals surface area contributed by atoms with E-state index >= 15 is 0 Å². The van der Waals surface area contributed by atoms with Crippen molar-refractivity contribution in [2.45, 2.75) is 39.2 Å². The average molecular weight is 344 g/mol. The zero-order chi connectivity index (χ0) is 15.5. The lowest BCUT2D eigenvalue weighted by molar-refractivity contribution is 0.422. The molecule has 1 aromatic carbocycles. The Kier molecular flexibility index (Phi) is 5.60. The number of benzene rings is 1. The summed E-state index contributed by atoms with van der Waals surface area (Å²) >= 11 is 13.6. The van der Waals surface area contributed by atoms with Crippen LogP contribution in [0, 0.1) is 0 Å². The second-order valence-electron chi connectivity index (χ2n) is 5.94. The van der Waals surface area contributed by atoms with Crippen LogP contribution < -0.4 is 5.32 Å². The first-order chi connectivity index (χ1) is 9.83. The molecule has 0 aliphatic rings. The largest absolute Gasteiger partial charge is 0.312 e. The number of hydrogen-bond donors (Lipinski definition) is 1. The van der Waals surface area contributed by atoms with Crippen molar-refractivity contribution in [2.24, 2.45) is 0 Å². The molecule has 0 amide bonds. The first-order valence-electron chi connectivity index (χ1n) is 6.87. The molecule has 0 spiro atoms. The standard InChI is InChI=1S/C15H19Cl2N3S/c1-15(2,3)18-6-4-5-13-19-20-14(21-13)10-7-11(16)9-12(17)8-10/h7-9,18H,4-6H2,1-3H3. The molecule has 1 heterocycles. The van der Waals surface area contributed by atoms with Crippen LogP contribution in [-0.2, 0) is 6.42 Å². The van der Waals surface area contributed by atoms with Crippen LogP contribution in [-0.4, -0.2) is 22.3 Å². The monoisotopic (exact) mass is 343 g/mol. The summed E-state index contributed by atoms with van der Waals surface area (Å²) in [5.74, 6) is 0. The number of aryl methyl sites for hydroxylation is 1. The minimum atomic E-state index is 0.157. The highest BCUT2D eigenvalue weighted by molar-refractivity contribution is 7.14. The predicted octanol–water partition coefficient (Wildman–Crippen LogP) is 4.83. The molecule has 0 aliphatic heterocycles. The van der Waals surface area contributed by atoms with Gasteiger partial charge in [0.05, 0.1) is 0 Å². The Balaban J connectivity index is 1.95. The summed E-state index contributed by atoms with van der Waals surface area (Å²) in [4.78, 5) is 0. The van der Waals surface area contributed by atoms with Crippen molar-refractivity contribution in [1.29, 1.82) is 0 Å². The van der Waals surface area contributed by atoms with Crippen LogP contribution in [0.5, 0.6) is 0 Å². The minimum Gasteiger partial charge on any atom is -0.312 e. The van der Waals surface area contributed by atoms with Crippen molar-refractivity contribution in [3.05, 3.63) is 33.3 Å². The second-order valence-corrected chi connectivity index (χ2v) is 7.87. The number of hydrogen-bond acceptors (Lipinski definition) is 4. The van der Waals surface area contributed by atoms with Crippen LogP contribution in [0.2, 0.25) is 10.0 Å². The third-order valence-corrected chi connectivity index (χ3v) is 4.27. The molecule has 0 unspecified atom stereocenters. The maximum absolute atomic E-state index is 6.02. The summed E-state index contributed by atoms with van der Waals surface area (Å²) in [6.45, 7) is 7.47. The Bertz CT molecular complexity index is 585. The van der Waals surface area contributed by atoms with Gasteiger partial charge in [0.15, 0.2) is 0 Å². The molecule has 0 radical (unpaired) electrons. The zero-order valence-corrected chi connectivity index (χ0v) is 14.7. The highest BCUT2D eigenvalue weighted by atomic mass is 35.5. The number of halogens is 2. The van der Waals surface area contributed by atoms with Gasteiger partial charge >= 0.3 is 0 Å². The van der Waals surface area contributed by atoms with Gasteiger partial charge in [0, 0.05) is 27.6 Å². The number of aromatic nitrogens is 2. The molecule has 0 saturated heterocycles. The normalized spacial score (nSPS) is 11.9. The van der Waals surface area contributed by atoms with E-state index in [0.29, 0.717) is 10.0 Å². The molecule has 2 rings (SSSR count). The summed E-state index contributed by atoms with van der Waals surface area (Å²) in [6, 6.07) is 5.44. The lowest BCUT2D eigenvalue weighted by atomic mass is 10.1. The molecule has 0 aliphatic carbocycles. The van der Waals surface area contributed by atoms with Crippen LogP contribution in [0.15, 0.2) is 18.2 Å². The maximum Gasteiger partial charge on any atom is 0.147 e. The molecule has 1 N–H and O–H groups in total. The molecule has 6 heteroatoms. The van der Waals surface area contributed by atoms with Crippen LogP contribution in [0.4, 0.5) is 0 Å². The van der Waals surface area contributed by atoms with Crippen LogP contribution in [0.3, 0.4) is 0 Å². The fourth-order valence-corrected chi connectivity index (χ4v) is 3.25. The van der Waals surface area contributed by atoms with E-state index < -0.39 is 0 Å². The lowest BCUT2D eigenvalue weighted by Gasteiger charge is -2.20. The Morgan fingerprint density at radius 2 is 1.76 bits per heavy atom. The van der Waals surface area contributed by atoms with Gasteiger partial charge < -0.3 is 5.32 Å². The summed E-state index contributed by atoms with van der Waals surface area (Å²) in [6.07, 6.45) is 1.97. The van der Waals surface area contributed by atoms with Crippen LogP contribution >= 0.6 is 34.5 Å². The fraction of sp³-hybridized carbons (Fsp3) is 0.467. The predicted molar refractivity (Wildman–Crippen MR) is 91.4 cm³/mol. The SMILES string of the molecule is CC(C)(C)NCCCc1nnc(-c2cc(Cl)cc(Cl)c2)s1. The van der Waals surface area contributed by atoms with Crippen molar-refractivity contribution < 1.29 is 0 Å².